The number of sulfone groups is 1. The van der Waals surface area contributed by atoms with Gasteiger partial charge in [-0.3, -0.25) is 24.3 Å². The fourth-order valence-electron chi connectivity index (χ4n) is 4.77. The number of rotatable bonds is 6. The molecular weight excluding hydrogens is 470 g/mol. The average Bonchev–Trinajstić information content (AvgIpc) is 3.54. The smallest absolute Gasteiger partial charge is 0.265 e. The van der Waals surface area contributed by atoms with Gasteiger partial charge < -0.3 is 4.74 Å². The second-order valence-corrected chi connectivity index (χ2v) is 11.3. The summed E-state index contributed by atoms with van der Waals surface area (Å²) in [5.41, 5.74) is 0.588. The van der Waals surface area contributed by atoms with Gasteiger partial charge in [0.2, 0.25) is 0 Å². The van der Waals surface area contributed by atoms with Gasteiger partial charge in [-0.15, -0.1) is 0 Å². The quantitative estimate of drug-likeness (QED) is 0.604. The maximum Gasteiger partial charge on any atom is 0.265 e. The number of amides is 3. The maximum atomic E-state index is 13.6. The summed E-state index contributed by atoms with van der Waals surface area (Å²) in [4.78, 5) is 41.0. The number of benzene rings is 2. The number of ether oxygens (including phenoxy) is 1. The van der Waals surface area contributed by atoms with Crippen LogP contribution in [0.25, 0.3) is 0 Å². The van der Waals surface area contributed by atoms with Gasteiger partial charge in [-0.1, -0.05) is 37.3 Å². The minimum absolute atomic E-state index is 0.0611. The molecule has 0 radical (unpaired) electrons. The highest BCUT2D eigenvalue weighted by molar-refractivity contribution is 7.91. The van der Waals surface area contributed by atoms with Crippen LogP contribution < -0.4 is 9.64 Å². The summed E-state index contributed by atoms with van der Waals surface area (Å²) in [6.45, 7) is 1.79. The van der Waals surface area contributed by atoms with Crippen LogP contribution in [0, 0.1) is 0 Å². The molecule has 0 atom stereocenters. The van der Waals surface area contributed by atoms with E-state index in [1.807, 2.05) is 30.3 Å². The van der Waals surface area contributed by atoms with Crippen molar-refractivity contribution in [2.75, 3.05) is 36.9 Å². The van der Waals surface area contributed by atoms with Gasteiger partial charge >= 0.3 is 0 Å². The van der Waals surface area contributed by atoms with Crippen molar-refractivity contribution in [1.82, 2.24) is 10.0 Å². The Morgan fingerprint density at radius 2 is 1.74 bits per heavy atom. The van der Waals surface area contributed by atoms with E-state index in [1.54, 1.807) is 6.92 Å². The van der Waals surface area contributed by atoms with Gasteiger partial charge in [0, 0.05) is 13.1 Å². The number of carbonyl (C=O) groups excluding carboxylic acids is 3. The van der Waals surface area contributed by atoms with Crippen molar-refractivity contribution in [2.24, 2.45) is 0 Å². The standard InChI is InChI=1S/C25H27N3O6S/c1-2-35(32,33)19-9-10-21-20(15-19)26(23(30)17-34-21)16-22(29)27-13-6-14-28(27)24(31)25(11-12-25)18-7-4-3-5-8-18/h3-5,7-10,15H,2,6,11-14,16-17H2,1H3. The van der Waals surface area contributed by atoms with Crippen LogP contribution in [-0.2, 0) is 29.6 Å². The molecule has 9 nitrogen and oxygen atoms in total. The topological polar surface area (TPSA) is 104 Å². The fraction of sp³-hybridized carbons (Fsp3) is 0.400. The zero-order valence-corrected chi connectivity index (χ0v) is 20.3. The summed E-state index contributed by atoms with van der Waals surface area (Å²) in [6, 6.07) is 13.9. The van der Waals surface area contributed by atoms with Crippen molar-refractivity contribution < 1.29 is 27.5 Å². The first-order chi connectivity index (χ1) is 16.8. The Hall–Kier alpha value is -3.40. The Labute approximate surface area is 204 Å². The lowest BCUT2D eigenvalue weighted by molar-refractivity contribution is -0.159. The van der Waals surface area contributed by atoms with E-state index < -0.39 is 27.1 Å². The van der Waals surface area contributed by atoms with E-state index in [4.69, 9.17) is 4.74 Å². The van der Waals surface area contributed by atoms with Crippen LogP contribution >= 0.6 is 0 Å². The Kier molecular flexibility index (Phi) is 5.79. The van der Waals surface area contributed by atoms with Crippen molar-refractivity contribution in [3.8, 4) is 5.75 Å². The molecule has 1 saturated carbocycles. The molecule has 5 rings (SSSR count). The molecule has 0 aromatic heterocycles. The summed E-state index contributed by atoms with van der Waals surface area (Å²) in [5, 5.41) is 2.95. The van der Waals surface area contributed by atoms with E-state index in [0.29, 0.717) is 25.3 Å². The summed E-state index contributed by atoms with van der Waals surface area (Å²) >= 11 is 0. The maximum absolute atomic E-state index is 13.6. The first-order valence-corrected chi connectivity index (χ1v) is 13.4. The minimum atomic E-state index is -3.51. The van der Waals surface area contributed by atoms with E-state index in [-0.39, 0.29) is 35.4 Å². The second-order valence-electron chi connectivity index (χ2n) is 9.05. The minimum Gasteiger partial charge on any atom is -0.482 e. The van der Waals surface area contributed by atoms with Crippen LogP contribution in [0.5, 0.6) is 5.75 Å². The molecule has 1 aliphatic carbocycles. The highest BCUT2D eigenvalue weighted by Gasteiger charge is 2.55. The highest BCUT2D eigenvalue weighted by Crippen LogP contribution is 2.50. The van der Waals surface area contributed by atoms with E-state index in [2.05, 4.69) is 0 Å². The van der Waals surface area contributed by atoms with Crippen LogP contribution in [0.3, 0.4) is 0 Å². The highest BCUT2D eigenvalue weighted by atomic mass is 32.2. The van der Waals surface area contributed by atoms with Gasteiger partial charge in [0.15, 0.2) is 16.4 Å². The predicted molar refractivity (Wildman–Crippen MR) is 127 cm³/mol. The van der Waals surface area contributed by atoms with Crippen molar-refractivity contribution >= 4 is 33.2 Å². The lowest BCUT2D eigenvalue weighted by atomic mass is 9.95. The van der Waals surface area contributed by atoms with Gasteiger partial charge in [0.05, 0.1) is 21.8 Å². The molecule has 3 aliphatic rings. The molecule has 2 aromatic rings. The fourth-order valence-corrected chi connectivity index (χ4v) is 5.67. The normalized spacial score (nSPS) is 18.8. The largest absolute Gasteiger partial charge is 0.482 e. The lowest BCUT2D eigenvalue weighted by Crippen LogP contribution is -2.53. The number of hydrogen-bond acceptors (Lipinski definition) is 6. The molecule has 3 amide bonds. The number of hydrazine groups is 1. The van der Waals surface area contributed by atoms with E-state index in [9.17, 15) is 22.8 Å². The molecule has 10 heteroatoms. The number of carbonyl (C=O) groups is 3. The van der Waals surface area contributed by atoms with E-state index in [1.165, 1.54) is 33.1 Å². The first-order valence-electron chi connectivity index (χ1n) is 11.7. The Morgan fingerprint density at radius 3 is 2.43 bits per heavy atom. The van der Waals surface area contributed by atoms with E-state index >= 15 is 0 Å². The molecule has 1 saturated heterocycles. The van der Waals surface area contributed by atoms with Crippen LogP contribution in [0.2, 0.25) is 0 Å². The van der Waals surface area contributed by atoms with Gasteiger partial charge in [-0.2, -0.15) is 0 Å². The van der Waals surface area contributed by atoms with Gasteiger partial charge in [0.1, 0.15) is 12.3 Å². The Morgan fingerprint density at radius 1 is 1.03 bits per heavy atom. The van der Waals surface area contributed by atoms with Crippen LogP contribution in [-0.4, -0.2) is 68.2 Å². The SMILES string of the molecule is CCS(=O)(=O)c1ccc2c(c1)N(CC(=O)N1CCCN1C(=O)C1(c3ccccc3)CC1)C(=O)CO2. The Bertz CT molecular complexity index is 1290. The van der Waals surface area contributed by atoms with Crippen molar-refractivity contribution in [1.29, 1.82) is 0 Å². The number of fused-ring (bicyclic) bond motifs is 1. The zero-order chi connectivity index (χ0) is 24.8. The molecule has 2 aliphatic heterocycles. The third-order valence-electron chi connectivity index (χ3n) is 6.95. The van der Waals surface area contributed by atoms with Crippen LogP contribution in [0.4, 0.5) is 5.69 Å². The molecule has 2 aromatic carbocycles. The monoisotopic (exact) mass is 497 g/mol. The second kappa shape index (κ2) is 8.67. The van der Waals surface area contributed by atoms with Crippen LogP contribution in [0.15, 0.2) is 53.4 Å². The predicted octanol–water partition coefficient (Wildman–Crippen LogP) is 1.91. The molecule has 2 fully saturated rings. The van der Waals surface area contributed by atoms with E-state index in [0.717, 1.165) is 18.4 Å². The van der Waals surface area contributed by atoms with Crippen molar-refractivity contribution in [2.45, 2.75) is 36.5 Å². The molecule has 0 spiro atoms. The summed E-state index contributed by atoms with van der Waals surface area (Å²) in [5.74, 6) is -0.697. The number of nitrogens with zero attached hydrogens (tertiary/aromatic N) is 3. The third-order valence-corrected chi connectivity index (χ3v) is 8.68. The van der Waals surface area contributed by atoms with Gasteiger partial charge in [-0.05, 0) is 43.0 Å². The molecule has 2 heterocycles. The summed E-state index contributed by atoms with van der Waals surface area (Å²) < 4.78 is 30.2. The third kappa shape index (κ3) is 4.05. The molecule has 184 valence electrons. The van der Waals surface area contributed by atoms with Gasteiger partial charge in [0.25, 0.3) is 17.7 Å². The van der Waals surface area contributed by atoms with Gasteiger partial charge in [-0.25, -0.2) is 13.4 Å². The Balaban J connectivity index is 1.38. The molecule has 0 bridgehead atoms. The molecule has 35 heavy (non-hydrogen) atoms. The van der Waals surface area contributed by atoms with Crippen molar-refractivity contribution in [3.05, 3.63) is 54.1 Å². The molecule has 0 N–H and O–H groups in total. The average molecular weight is 498 g/mol. The van der Waals surface area contributed by atoms with Crippen LogP contribution in [0.1, 0.15) is 31.7 Å². The number of hydrogen-bond donors (Lipinski definition) is 0. The molecule has 0 unspecified atom stereocenters. The summed E-state index contributed by atoms with van der Waals surface area (Å²) in [6.07, 6.45) is 2.12. The summed E-state index contributed by atoms with van der Waals surface area (Å²) in [7, 11) is -3.51. The lowest BCUT2D eigenvalue weighted by Gasteiger charge is -2.34. The number of anilines is 1. The van der Waals surface area contributed by atoms with Crippen molar-refractivity contribution in [3.63, 3.8) is 0 Å². The molecular formula is C25H27N3O6S. The zero-order valence-electron chi connectivity index (χ0n) is 19.5. The first kappa shape index (κ1) is 23.3.